The van der Waals surface area contributed by atoms with Gasteiger partial charge in [0.05, 0.1) is 35.8 Å². The summed E-state index contributed by atoms with van der Waals surface area (Å²) in [5.41, 5.74) is 0. The number of hydrogen-bond donors (Lipinski definition) is 0. The topological polar surface area (TPSA) is 241 Å². The second-order valence-electron chi connectivity index (χ2n) is 1.72. The molecule has 0 aliphatic rings. The van der Waals surface area contributed by atoms with Crippen LogP contribution in [0, 0.1) is 0 Å². The zero-order chi connectivity index (χ0) is 15.5. The predicted octanol–water partition coefficient (Wildman–Crippen LogP) is -10.5. The van der Waals surface area contributed by atoms with E-state index in [1.54, 1.807) is 0 Å². The molecule has 0 atom stereocenters. The fourth-order valence-electron chi connectivity index (χ4n) is 0. The van der Waals surface area contributed by atoms with Crippen molar-refractivity contribution in [2.75, 3.05) is 0 Å². The molecule has 0 aromatic rings. The average molecular weight is 360 g/mol. The average Bonchev–Trinajstić information content (AvgIpc) is 2.18. The normalized spacial score (nSPS) is 6.60. The molecule has 0 saturated carbocycles. The summed E-state index contributed by atoms with van der Waals surface area (Å²) >= 11 is 0. The number of carboxylic acid groups (broad SMARTS) is 6. The van der Waals surface area contributed by atoms with Gasteiger partial charge >= 0.3 is 0 Å². The van der Waals surface area contributed by atoms with Gasteiger partial charge in [-0.05, 0) is 0 Å². The minimum absolute atomic E-state index is 0. The molecular weight excluding hydrogens is 360 g/mol. The molecule has 14 heteroatoms. The van der Waals surface area contributed by atoms with E-state index in [1.807, 2.05) is 0 Å². The Morgan fingerprint density at radius 3 is 0.400 bits per heavy atom. The molecule has 0 radical (unpaired) electrons. The number of rotatable bonds is 0. The van der Waals surface area contributed by atoms with E-state index in [-0.39, 0.29) is 43.4 Å². The van der Waals surface area contributed by atoms with Crippen LogP contribution in [0.1, 0.15) is 0 Å². The van der Waals surface area contributed by atoms with Gasteiger partial charge in [-0.1, -0.05) is 0 Å². The summed E-state index contributed by atoms with van der Waals surface area (Å²) in [6, 6.07) is 0. The van der Waals surface area contributed by atoms with Gasteiger partial charge < -0.3 is 59.4 Å². The van der Waals surface area contributed by atoms with Gasteiger partial charge in [0.1, 0.15) is 0 Å². The zero-order valence-corrected chi connectivity index (χ0v) is 12.0. The molecule has 0 aromatic heterocycles. The van der Waals surface area contributed by atoms with Crippen LogP contribution in [-0.4, -0.2) is 35.8 Å². The molecule has 110 valence electrons. The van der Waals surface area contributed by atoms with Gasteiger partial charge in [0.25, 0.3) is 0 Å². The van der Waals surface area contributed by atoms with Crippen LogP contribution in [0.15, 0.2) is 0 Å². The zero-order valence-electron chi connectivity index (χ0n) is 8.90. The second kappa shape index (κ2) is 17.2. The summed E-state index contributed by atoms with van der Waals surface area (Å²) < 4.78 is 0. The molecule has 0 N–H and O–H groups in total. The first-order valence-electron chi connectivity index (χ1n) is 3.20. The summed E-state index contributed by atoms with van der Waals surface area (Å²) in [6.45, 7) is 0. The molecule has 0 aliphatic heterocycles. The third-order valence-corrected chi connectivity index (χ3v) is 0.500. The quantitative estimate of drug-likeness (QED) is 0.289. The van der Waals surface area contributed by atoms with Gasteiger partial charge in [-0.25, -0.2) is 0 Å². The smallest absolute Gasteiger partial charge is 0.0870 e. The molecule has 20 heavy (non-hydrogen) atoms. The Bertz CT molecular complexity index is 281. The maximum Gasteiger partial charge on any atom is 0.0870 e. The van der Waals surface area contributed by atoms with Crippen LogP contribution < -0.4 is 30.6 Å². The van der Waals surface area contributed by atoms with Crippen molar-refractivity contribution in [2.24, 2.45) is 0 Å². The van der Waals surface area contributed by atoms with Gasteiger partial charge in [0.2, 0.25) is 0 Å². The molecule has 12 nitrogen and oxygen atoms in total. The molecule has 0 aromatic carbocycles. The molecule has 0 rings (SSSR count). The molecule has 0 bridgehead atoms. The Hall–Kier alpha value is -1.75. The van der Waals surface area contributed by atoms with Gasteiger partial charge in [-0.2, -0.15) is 0 Å². The van der Waals surface area contributed by atoms with Crippen molar-refractivity contribution >= 4 is 35.8 Å². The minimum Gasteiger partial charge on any atom is -0.543 e. The summed E-state index contributed by atoms with van der Waals surface area (Å²) in [5.74, 6) is -13.1. The molecule has 0 fully saturated rings. The van der Waals surface area contributed by atoms with E-state index in [0.717, 1.165) is 0 Å². The predicted molar refractivity (Wildman–Crippen MR) is 30.0 cm³/mol. The third kappa shape index (κ3) is 36.0. The first kappa shape index (κ1) is 30.9. The molecule has 0 aliphatic carbocycles. The fraction of sp³-hybridized carbons (Fsp3) is 0. The maximum absolute atomic E-state index is 8.93. The van der Waals surface area contributed by atoms with Crippen molar-refractivity contribution in [3.8, 4) is 0 Å². The van der Waals surface area contributed by atoms with Crippen molar-refractivity contribution in [3.63, 3.8) is 0 Å². The Morgan fingerprint density at radius 1 is 0.350 bits per heavy atom. The summed E-state index contributed by atoms with van der Waals surface area (Å²) in [6.07, 6.45) is 0. The van der Waals surface area contributed by atoms with E-state index >= 15 is 0 Å². The van der Waals surface area contributed by atoms with Gasteiger partial charge in [0.15, 0.2) is 0 Å². The minimum atomic E-state index is -2.19. The molecular formula is C6O12Ti2-6. The van der Waals surface area contributed by atoms with Crippen molar-refractivity contribution < 1.29 is 103 Å². The van der Waals surface area contributed by atoms with Crippen LogP contribution in [0.25, 0.3) is 0 Å². The SMILES string of the molecule is O=C([O-])C(=O)[O-].O=C([O-])C(=O)[O-].O=C([O-])C(=O)[O-].[Ti].[Ti]. The van der Waals surface area contributed by atoms with E-state index in [0.29, 0.717) is 0 Å². The van der Waals surface area contributed by atoms with Crippen molar-refractivity contribution in [1.29, 1.82) is 0 Å². The molecule has 0 heterocycles. The van der Waals surface area contributed by atoms with E-state index in [9.17, 15) is 0 Å². The van der Waals surface area contributed by atoms with Crippen LogP contribution in [0.2, 0.25) is 0 Å². The first-order chi connectivity index (χ1) is 7.93. The fourth-order valence-corrected chi connectivity index (χ4v) is 0. The van der Waals surface area contributed by atoms with Crippen molar-refractivity contribution in [3.05, 3.63) is 0 Å². The monoisotopic (exact) mass is 360 g/mol. The van der Waals surface area contributed by atoms with E-state index in [4.69, 9.17) is 59.4 Å². The molecule has 0 unspecified atom stereocenters. The van der Waals surface area contributed by atoms with Crippen LogP contribution in [0.3, 0.4) is 0 Å². The van der Waals surface area contributed by atoms with E-state index in [1.165, 1.54) is 0 Å². The van der Waals surface area contributed by atoms with Gasteiger partial charge in [-0.15, -0.1) is 0 Å². The number of carbonyl (C=O) groups is 6. The molecule has 0 saturated heterocycles. The van der Waals surface area contributed by atoms with Gasteiger partial charge in [0, 0.05) is 43.4 Å². The van der Waals surface area contributed by atoms with Crippen LogP contribution in [-0.2, 0) is 72.2 Å². The summed E-state index contributed by atoms with van der Waals surface area (Å²) in [7, 11) is 0. The maximum atomic E-state index is 8.93. The molecule has 0 amide bonds. The van der Waals surface area contributed by atoms with E-state index < -0.39 is 35.8 Å². The van der Waals surface area contributed by atoms with Crippen LogP contribution >= 0.6 is 0 Å². The van der Waals surface area contributed by atoms with E-state index in [2.05, 4.69) is 0 Å². The second-order valence-corrected chi connectivity index (χ2v) is 1.72. The first-order valence-corrected chi connectivity index (χ1v) is 3.20. The Kier molecular flexibility index (Phi) is 26.7. The summed E-state index contributed by atoms with van der Waals surface area (Å²) in [4.78, 5) is 53.6. The standard InChI is InChI=1S/3C2H2O4.2Ti/c3*3-1(4)2(5)6;;/h3*(H,3,4)(H,5,6);;/p-6. The van der Waals surface area contributed by atoms with Crippen LogP contribution in [0.4, 0.5) is 0 Å². The number of hydrogen-bond acceptors (Lipinski definition) is 12. The third-order valence-electron chi connectivity index (χ3n) is 0.500. The Balaban J connectivity index is -0.0000000536. The number of carbonyl (C=O) groups excluding carboxylic acids is 6. The van der Waals surface area contributed by atoms with Gasteiger partial charge in [-0.3, -0.25) is 0 Å². The van der Waals surface area contributed by atoms with Crippen LogP contribution in [0.5, 0.6) is 0 Å². The Labute approximate surface area is 138 Å². The molecule has 0 spiro atoms. The largest absolute Gasteiger partial charge is 0.543 e. The number of aliphatic carboxylic acids is 6. The van der Waals surface area contributed by atoms with Crippen molar-refractivity contribution in [1.82, 2.24) is 0 Å². The van der Waals surface area contributed by atoms with Crippen molar-refractivity contribution in [2.45, 2.75) is 0 Å². The number of carboxylic acids is 6. The summed E-state index contributed by atoms with van der Waals surface area (Å²) in [5, 5.41) is 53.6. The Morgan fingerprint density at radius 2 is 0.400 bits per heavy atom.